The number of sulfonamides is 1. The second-order valence-corrected chi connectivity index (χ2v) is 12.2. The van der Waals surface area contributed by atoms with Crippen LogP contribution in [0.5, 0.6) is 5.75 Å². The van der Waals surface area contributed by atoms with Crippen LogP contribution in [0.15, 0.2) is 53.4 Å². The Hall–Kier alpha value is -3.70. The molecule has 202 valence electrons. The molecule has 0 aliphatic carbocycles. The summed E-state index contributed by atoms with van der Waals surface area (Å²) in [5, 5.41) is 10.7. The van der Waals surface area contributed by atoms with Crippen LogP contribution < -0.4 is 9.46 Å². The molecule has 1 saturated heterocycles. The smallest absolute Gasteiger partial charge is 0.410 e. The molecule has 2 heterocycles. The average molecular weight is 542 g/mol. The molecule has 0 spiro atoms. The minimum Gasteiger partial charge on any atom is -0.489 e. The molecule has 1 aromatic heterocycles. The zero-order valence-electron chi connectivity index (χ0n) is 21.9. The molecule has 1 fully saturated rings. The molecular weight excluding hydrogens is 510 g/mol. The summed E-state index contributed by atoms with van der Waals surface area (Å²) < 4.78 is 39.4. The molecule has 1 aliphatic rings. The number of nitrogens with zero attached hydrogens (tertiary/aromatic N) is 2. The fourth-order valence-electron chi connectivity index (χ4n) is 4.22. The molecule has 1 aliphatic heterocycles. The second kappa shape index (κ2) is 9.88. The van der Waals surface area contributed by atoms with Crippen LogP contribution in [0.1, 0.15) is 37.6 Å². The Morgan fingerprint density at radius 1 is 1.11 bits per heavy atom. The van der Waals surface area contributed by atoms with E-state index in [1.54, 1.807) is 20.8 Å². The molecule has 0 unspecified atom stereocenters. The normalized spacial score (nSPS) is 15.1. The standard InChI is InChI=1S/C27H31N3O7S/c1-17-7-6-8-22-19(13-18(2)28-23(17)22)14-36-20-9-11-21(12-10-20)38(34,35)29-27(24(31)32)15-30(16-27)25(33)37-26(3,4)5/h6-13,29H,14-16H2,1-5H3,(H,31,32). The van der Waals surface area contributed by atoms with E-state index in [0.29, 0.717) is 5.75 Å². The van der Waals surface area contributed by atoms with Gasteiger partial charge in [0.25, 0.3) is 0 Å². The van der Waals surface area contributed by atoms with E-state index < -0.39 is 33.2 Å². The first kappa shape index (κ1) is 27.3. The van der Waals surface area contributed by atoms with Crippen molar-refractivity contribution in [1.29, 1.82) is 0 Å². The van der Waals surface area contributed by atoms with Gasteiger partial charge in [0, 0.05) is 16.6 Å². The zero-order valence-corrected chi connectivity index (χ0v) is 22.8. The summed E-state index contributed by atoms with van der Waals surface area (Å²) in [5.74, 6) is -0.928. The number of carboxylic acids is 1. The van der Waals surface area contributed by atoms with Crippen molar-refractivity contribution in [2.75, 3.05) is 13.1 Å². The summed E-state index contributed by atoms with van der Waals surface area (Å²) in [5.41, 5.74) is 1.19. The highest BCUT2D eigenvalue weighted by molar-refractivity contribution is 7.89. The number of para-hydroxylation sites is 1. The number of nitrogens with one attached hydrogen (secondary N) is 1. The molecule has 0 atom stereocenters. The van der Waals surface area contributed by atoms with Crippen LogP contribution in [0.4, 0.5) is 4.79 Å². The van der Waals surface area contributed by atoms with Crippen molar-refractivity contribution in [2.24, 2.45) is 0 Å². The van der Waals surface area contributed by atoms with Crippen LogP contribution in [0.25, 0.3) is 10.9 Å². The molecule has 11 heteroatoms. The van der Waals surface area contributed by atoms with E-state index in [1.807, 2.05) is 38.1 Å². The highest BCUT2D eigenvalue weighted by atomic mass is 32.2. The average Bonchev–Trinajstić information content (AvgIpc) is 2.79. The number of likely N-dealkylation sites (tertiary alicyclic amines) is 1. The predicted octanol–water partition coefficient (Wildman–Crippen LogP) is 3.78. The quantitative estimate of drug-likeness (QED) is 0.461. The van der Waals surface area contributed by atoms with Crippen molar-refractivity contribution < 1.29 is 32.6 Å². The van der Waals surface area contributed by atoms with E-state index in [1.165, 1.54) is 24.3 Å². The predicted molar refractivity (Wildman–Crippen MR) is 140 cm³/mol. The SMILES string of the molecule is Cc1cc(COc2ccc(S(=O)(=O)NC3(C(=O)O)CN(C(=O)OC(C)(C)C)C3)cc2)c2cccc(C)c2n1. The van der Waals surface area contributed by atoms with Crippen molar-refractivity contribution in [3.8, 4) is 5.75 Å². The fourth-order valence-corrected chi connectivity index (χ4v) is 5.56. The van der Waals surface area contributed by atoms with Gasteiger partial charge in [-0.2, -0.15) is 4.72 Å². The van der Waals surface area contributed by atoms with Crippen molar-refractivity contribution in [2.45, 2.75) is 57.3 Å². The summed E-state index contributed by atoms with van der Waals surface area (Å²) >= 11 is 0. The van der Waals surface area contributed by atoms with Gasteiger partial charge in [0.1, 0.15) is 18.0 Å². The number of hydrogen-bond acceptors (Lipinski definition) is 7. The Bertz CT molecular complexity index is 1490. The zero-order chi connectivity index (χ0) is 27.9. The van der Waals surface area contributed by atoms with Gasteiger partial charge < -0.3 is 19.5 Å². The number of amides is 1. The number of carboxylic acid groups (broad SMARTS) is 1. The number of aliphatic carboxylic acids is 1. The monoisotopic (exact) mass is 541 g/mol. The number of benzene rings is 2. The Balaban J connectivity index is 1.44. The van der Waals surface area contributed by atoms with Gasteiger partial charge in [0.2, 0.25) is 10.0 Å². The number of aryl methyl sites for hydroxylation is 2. The molecule has 38 heavy (non-hydrogen) atoms. The third-order valence-electron chi connectivity index (χ3n) is 6.10. The van der Waals surface area contributed by atoms with E-state index in [-0.39, 0.29) is 24.6 Å². The summed E-state index contributed by atoms with van der Waals surface area (Å²) in [6, 6.07) is 13.6. The number of pyridine rings is 1. The summed E-state index contributed by atoms with van der Waals surface area (Å²) in [4.78, 5) is 29.8. The molecule has 0 saturated carbocycles. The number of ether oxygens (including phenoxy) is 2. The van der Waals surface area contributed by atoms with Gasteiger partial charge in [-0.15, -0.1) is 0 Å². The van der Waals surface area contributed by atoms with Crippen molar-refractivity contribution >= 4 is 33.0 Å². The molecular formula is C27H31N3O7S. The number of carbonyl (C=O) groups is 2. The lowest BCUT2D eigenvalue weighted by Gasteiger charge is -2.46. The van der Waals surface area contributed by atoms with E-state index in [0.717, 1.165) is 32.6 Å². The molecule has 3 aromatic rings. The first-order valence-electron chi connectivity index (χ1n) is 12.0. The molecule has 0 bridgehead atoms. The van der Waals surface area contributed by atoms with Crippen molar-refractivity contribution in [1.82, 2.24) is 14.6 Å². The van der Waals surface area contributed by atoms with Crippen LogP contribution in [-0.2, 0) is 26.2 Å². The number of fused-ring (bicyclic) bond motifs is 1. The third-order valence-corrected chi connectivity index (χ3v) is 7.65. The minimum absolute atomic E-state index is 0.123. The van der Waals surface area contributed by atoms with Crippen LogP contribution in [0.2, 0.25) is 0 Å². The van der Waals surface area contributed by atoms with Gasteiger partial charge in [0.05, 0.1) is 23.5 Å². The highest BCUT2D eigenvalue weighted by Crippen LogP contribution is 2.28. The van der Waals surface area contributed by atoms with Gasteiger partial charge in [-0.25, -0.2) is 13.2 Å². The van der Waals surface area contributed by atoms with Crippen molar-refractivity contribution in [3.05, 3.63) is 65.4 Å². The fraction of sp³-hybridized carbons (Fsp3) is 0.370. The second-order valence-electron chi connectivity index (χ2n) is 10.5. The maximum Gasteiger partial charge on any atom is 0.410 e. The molecule has 4 rings (SSSR count). The number of rotatable bonds is 7. The maximum absolute atomic E-state index is 13.0. The van der Waals surface area contributed by atoms with E-state index in [9.17, 15) is 23.1 Å². The number of carbonyl (C=O) groups excluding carboxylic acids is 1. The summed E-state index contributed by atoms with van der Waals surface area (Å²) in [6.45, 7) is 8.54. The Labute approximate surface area is 221 Å². The van der Waals surface area contributed by atoms with Gasteiger partial charge in [0.15, 0.2) is 5.54 Å². The van der Waals surface area contributed by atoms with Crippen molar-refractivity contribution in [3.63, 3.8) is 0 Å². The molecule has 2 aromatic carbocycles. The van der Waals surface area contributed by atoms with Crippen LogP contribution >= 0.6 is 0 Å². The number of aromatic nitrogens is 1. The van der Waals surface area contributed by atoms with Crippen LogP contribution in [0.3, 0.4) is 0 Å². The first-order chi connectivity index (χ1) is 17.7. The summed E-state index contributed by atoms with van der Waals surface area (Å²) in [6.07, 6.45) is -0.706. The lowest BCUT2D eigenvalue weighted by molar-refractivity contribution is -0.150. The Morgan fingerprint density at radius 2 is 1.76 bits per heavy atom. The lowest BCUT2D eigenvalue weighted by atomic mass is 9.92. The van der Waals surface area contributed by atoms with Gasteiger partial charge in [-0.3, -0.25) is 9.78 Å². The van der Waals surface area contributed by atoms with Gasteiger partial charge in [-0.1, -0.05) is 18.2 Å². The highest BCUT2D eigenvalue weighted by Gasteiger charge is 2.55. The molecule has 0 radical (unpaired) electrons. The van der Waals surface area contributed by atoms with Crippen LogP contribution in [-0.4, -0.2) is 59.7 Å². The summed E-state index contributed by atoms with van der Waals surface area (Å²) in [7, 11) is -4.20. The Kier molecular flexibility index (Phi) is 7.11. The number of hydrogen-bond donors (Lipinski definition) is 2. The third kappa shape index (κ3) is 5.73. The van der Waals surface area contributed by atoms with Gasteiger partial charge >= 0.3 is 12.1 Å². The minimum atomic E-state index is -4.20. The lowest BCUT2D eigenvalue weighted by Crippen LogP contribution is -2.75. The first-order valence-corrected chi connectivity index (χ1v) is 13.5. The van der Waals surface area contributed by atoms with Gasteiger partial charge in [-0.05, 0) is 70.5 Å². The van der Waals surface area contributed by atoms with Crippen LogP contribution in [0, 0.1) is 13.8 Å². The van der Waals surface area contributed by atoms with E-state index >= 15 is 0 Å². The largest absolute Gasteiger partial charge is 0.489 e. The molecule has 10 nitrogen and oxygen atoms in total. The van der Waals surface area contributed by atoms with E-state index in [4.69, 9.17) is 9.47 Å². The topological polar surface area (TPSA) is 135 Å². The molecule has 2 N–H and O–H groups in total. The maximum atomic E-state index is 13.0. The Morgan fingerprint density at radius 3 is 2.37 bits per heavy atom. The van der Waals surface area contributed by atoms with E-state index in [2.05, 4.69) is 9.71 Å². The molecule has 1 amide bonds.